The molecule has 7 nitrogen and oxygen atoms in total. The van der Waals surface area contributed by atoms with E-state index in [0.29, 0.717) is 11.3 Å². The molecular weight excluding hydrogens is 366 g/mol. The summed E-state index contributed by atoms with van der Waals surface area (Å²) in [6.45, 7) is 0. The number of amides is 1. The molecule has 1 saturated carbocycles. The number of nitrogens with zero attached hydrogens (tertiary/aromatic N) is 3. The average molecular weight is 385 g/mol. The fraction of sp³-hybridized carbons (Fsp3) is 0.182. The SMILES string of the molecule is Cn1c(C(=O)NC2(c3ccccc3C=O)CC2)cc2ccc(-c3cn[nH]c3)nc21. The first-order valence-corrected chi connectivity index (χ1v) is 9.44. The van der Waals surface area contributed by atoms with E-state index in [1.165, 1.54) is 0 Å². The van der Waals surface area contributed by atoms with Crippen molar-refractivity contribution in [3.05, 3.63) is 71.7 Å². The molecule has 0 unspecified atom stereocenters. The van der Waals surface area contributed by atoms with Crippen molar-refractivity contribution < 1.29 is 9.59 Å². The van der Waals surface area contributed by atoms with Crippen molar-refractivity contribution in [1.29, 1.82) is 0 Å². The summed E-state index contributed by atoms with van der Waals surface area (Å²) in [6, 6.07) is 13.1. The Kier molecular flexibility index (Phi) is 3.84. The Hall–Kier alpha value is -3.74. The summed E-state index contributed by atoms with van der Waals surface area (Å²) in [4.78, 5) is 29.2. The number of fused-ring (bicyclic) bond motifs is 1. The number of aromatic nitrogens is 4. The largest absolute Gasteiger partial charge is 0.341 e. The molecule has 0 bridgehead atoms. The molecule has 0 radical (unpaired) electrons. The number of aldehydes is 1. The van der Waals surface area contributed by atoms with Gasteiger partial charge in [-0.15, -0.1) is 0 Å². The van der Waals surface area contributed by atoms with Crippen molar-refractivity contribution in [1.82, 2.24) is 25.1 Å². The minimum Gasteiger partial charge on any atom is -0.341 e. The van der Waals surface area contributed by atoms with Gasteiger partial charge in [0.2, 0.25) is 0 Å². The summed E-state index contributed by atoms with van der Waals surface area (Å²) < 4.78 is 1.80. The second kappa shape index (κ2) is 6.41. The van der Waals surface area contributed by atoms with Crippen LogP contribution in [-0.2, 0) is 12.6 Å². The van der Waals surface area contributed by atoms with Crippen LogP contribution in [0.5, 0.6) is 0 Å². The predicted octanol–water partition coefficient (Wildman–Crippen LogP) is 3.20. The summed E-state index contributed by atoms with van der Waals surface area (Å²) in [5, 5.41) is 10.8. The number of aromatic amines is 1. The molecule has 29 heavy (non-hydrogen) atoms. The maximum absolute atomic E-state index is 13.1. The standard InChI is InChI=1S/C22H19N5O2/c1-27-19(10-14-6-7-18(25-20(14)27)16-11-23-24-12-16)21(29)26-22(8-9-22)17-5-3-2-4-15(17)13-28/h2-7,10-13H,8-9H2,1H3,(H,23,24)(H,26,29). The van der Waals surface area contributed by atoms with Crippen LogP contribution in [0.2, 0.25) is 0 Å². The van der Waals surface area contributed by atoms with E-state index < -0.39 is 5.54 Å². The number of H-pyrrole nitrogens is 1. The molecule has 2 N–H and O–H groups in total. The number of aryl methyl sites for hydroxylation is 1. The molecular formula is C22H19N5O2. The van der Waals surface area contributed by atoms with Crippen molar-refractivity contribution in [2.24, 2.45) is 7.05 Å². The van der Waals surface area contributed by atoms with E-state index in [9.17, 15) is 9.59 Å². The Balaban J connectivity index is 1.49. The van der Waals surface area contributed by atoms with Crippen LogP contribution in [0.4, 0.5) is 0 Å². The third-order valence-electron chi connectivity index (χ3n) is 5.61. The molecule has 0 aliphatic heterocycles. The van der Waals surface area contributed by atoms with E-state index in [1.807, 2.05) is 43.4 Å². The van der Waals surface area contributed by atoms with Gasteiger partial charge < -0.3 is 9.88 Å². The molecule has 3 aromatic heterocycles. The van der Waals surface area contributed by atoms with Crippen LogP contribution in [-0.4, -0.2) is 31.9 Å². The van der Waals surface area contributed by atoms with Gasteiger partial charge in [-0.05, 0) is 36.6 Å². The summed E-state index contributed by atoms with van der Waals surface area (Å²) in [5.74, 6) is -0.173. The lowest BCUT2D eigenvalue weighted by atomic mass is 9.99. The van der Waals surface area contributed by atoms with E-state index >= 15 is 0 Å². The fourth-order valence-electron chi connectivity index (χ4n) is 3.87. The highest BCUT2D eigenvalue weighted by atomic mass is 16.2. The molecule has 1 fully saturated rings. The first-order chi connectivity index (χ1) is 14.1. The van der Waals surface area contributed by atoms with Gasteiger partial charge in [-0.3, -0.25) is 14.7 Å². The molecule has 0 spiro atoms. The summed E-state index contributed by atoms with van der Waals surface area (Å²) >= 11 is 0. The van der Waals surface area contributed by atoms with Gasteiger partial charge in [-0.1, -0.05) is 24.3 Å². The predicted molar refractivity (Wildman–Crippen MR) is 109 cm³/mol. The summed E-state index contributed by atoms with van der Waals surface area (Å²) in [5.41, 5.74) is 3.97. The molecule has 0 atom stereocenters. The van der Waals surface area contributed by atoms with Crippen LogP contribution in [0.1, 0.15) is 39.3 Å². The molecule has 1 aliphatic carbocycles. The van der Waals surface area contributed by atoms with Crippen molar-refractivity contribution >= 4 is 23.2 Å². The Morgan fingerprint density at radius 1 is 1.24 bits per heavy atom. The molecule has 3 heterocycles. The molecule has 1 amide bonds. The van der Waals surface area contributed by atoms with Gasteiger partial charge in [-0.2, -0.15) is 5.10 Å². The second-order valence-corrected chi connectivity index (χ2v) is 7.43. The number of rotatable bonds is 5. The van der Waals surface area contributed by atoms with Crippen LogP contribution >= 0.6 is 0 Å². The molecule has 144 valence electrons. The lowest BCUT2D eigenvalue weighted by Gasteiger charge is -2.19. The minimum absolute atomic E-state index is 0.173. The van der Waals surface area contributed by atoms with Gasteiger partial charge in [0.25, 0.3) is 5.91 Å². The van der Waals surface area contributed by atoms with E-state index in [-0.39, 0.29) is 5.91 Å². The van der Waals surface area contributed by atoms with Gasteiger partial charge in [0.15, 0.2) is 0 Å². The van der Waals surface area contributed by atoms with Gasteiger partial charge >= 0.3 is 0 Å². The topological polar surface area (TPSA) is 92.7 Å². The minimum atomic E-state index is -0.472. The van der Waals surface area contributed by atoms with Crippen LogP contribution < -0.4 is 5.32 Å². The van der Waals surface area contributed by atoms with Gasteiger partial charge in [0, 0.05) is 29.8 Å². The van der Waals surface area contributed by atoms with Crippen LogP contribution in [0, 0.1) is 0 Å². The van der Waals surface area contributed by atoms with Gasteiger partial charge in [-0.25, -0.2) is 4.98 Å². The lowest BCUT2D eigenvalue weighted by Crippen LogP contribution is -2.36. The maximum atomic E-state index is 13.1. The molecule has 0 saturated heterocycles. The summed E-state index contributed by atoms with van der Waals surface area (Å²) in [6.07, 6.45) is 5.98. The van der Waals surface area contributed by atoms with E-state index in [0.717, 1.165) is 47.0 Å². The number of pyridine rings is 1. The van der Waals surface area contributed by atoms with E-state index in [2.05, 4.69) is 15.5 Å². The molecule has 7 heteroatoms. The second-order valence-electron chi connectivity index (χ2n) is 7.43. The maximum Gasteiger partial charge on any atom is 0.268 e. The van der Waals surface area contributed by atoms with Crippen LogP contribution in [0.3, 0.4) is 0 Å². The van der Waals surface area contributed by atoms with E-state index in [1.54, 1.807) is 23.0 Å². The summed E-state index contributed by atoms with van der Waals surface area (Å²) in [7, 11) is 1.84. The lowest BCUT2D eigenvalue weighted by molar-refractivity contribution is 0.0921. The molecule has 1 aliphatic rings. The number of hydrogen-bond donors (Lipinski definition) is 2. The monoisotopic (exact) mass is 385 g/mol. The highest BCUT2D eigenvalue weighted by molar-refractivity contribution is 5.99. The first kappa shape index (κ1) is 17.4. The average Bonchev–Trinajstić information content (AvgIpc) is 3.17. The Morgan fingerprint density at radius 3 is 2.79 bits per heavy atom. The number of carbonyl (C=O) groups excluding carboxylic acids is 2. The van der Waals surface area contributed by atoms with Crippen molar-refractivity contribution in [3.8, 4) is 11.3 Å². The smallest absolute Gasteiger partial charge is 0.268 e. The first-order valence-electron chi connectivity index (χ1n) is 9.44. The zero-order valence-electron chi connectivity index (χ0n) is 15.8. The zero-order chi connectivity index (χ0) is 20.0. The Labute approximate surface area is 166 Å². The third kappa shape index (κ3) is 2.82. The van der Waals surface area contributed by atoms with Crippen molar-refractivity contribution in [3.63, 3.8) is 0 Å². The van der Waals surface area contributed by atoms with Gasteiger partial charge in [0.1, 0.15) is 17.6 Å². The van der Waals surface area contributed by atoms with Crippen molar-refractivity contribution in [2.45, 2.75) is 18.4 Å². The normalized spacial score (nSPS) is 14.7. The van der Waals surface area contributed by atoms with Crippen LogP contribution in [0.25, 0.3) is 22.3 Å². The Bertz CT molecular complexity index is 1240. The Morgan fingerprint density at radius 2 is 2.07 bits per heavy atom. The van der Waals surface area contributed by atoms with E-state index in [4.69, 9.17) is 4.98 Å². The number of carbonyl (C=O) groups is 2. The third-order valence-corrected chi connectivity index (χ3v) is 5.61. The van der Waals surface area contributed by atoms with Crippen molar-refractivity contribution in [2.75, 3.05) is 0 Å². The van der Waals surface area contributed by atoms with Crippen LogP contribution in [0.15, 0.2) is 54.9 Å². The highest BCUT2D eigenvalue weighted by Gasteiger charge is 2.47. The van der Waals surface area contributed by atoms with Gasteiger partial charge in [0.05, 0.1) is 17.4 Å². The number of hydrogen-bond acceptors (Lipinski definition) is 4. The highest BCUT2D eigenvalue weighted by Crippen LogP contribution is 2.46. The molecule has 5 rings (SSSR count). The number of nitrogens with one attached hydrogen (secondary N) is 2. The zero-order valence-corrected chi connectivity index (χ0v) is 15.8. The molecule has 1 aromatic carbocycles. The fourth-order valence-corrected chi connectivity index (χ4v) is 3.87. The number of benzene rings is 1. The quantitative estimate of drug-likeness (QED) is 0.516. The molecule has 4 aromatic rings.